The van der Waals surface area contributed by atoms with Gasteiger partial charge in [-0.15, -0.1) is 0 Å². The van der Waals surface area contributed by atoms with Crippen LogP contribution in [0.5, 0.6) is 0 Å². The Morgan fingerprint density at radius 2 is 1.53 bits per heavy atom. The fraction of sp³-hybridized carbons (Fsp3) is 0.846. The Hall–Kier alpha value is -1.56. The predicted octanol–water partition coefficient (Wildman–Crippen LogP) is 6.45. The van der Waals surface area contributed by atoms with Crippen molar-refractivity contribution in [1.29, 1.82) is 0 Å². The van der Waals surface area contributed by atoms with Crippen molar-refractivity contribution in [3.05, 3.63) is 12.2 Å². The lowest BCUT2D eigenvalue weighted by Crippen LogP contribution is -2.44. The van der Waals surface area contributed by atoms with Gasteiger partial charge in [0.2, 0.25) is 5.91 Å². The molecule has 0 spiro atoms. The van der Waals surface area contributed by atoms with Crippen LogP contribution in [-0.2, 0) is 9.53 Å². The summed E-state index contributed by atoms with van der Waals surface area (Å²) in [6.45, 7) is 13.1. The SMILES string of the molecule is CCCCCCC(/C=C/C(=O)NCCC(C)(C)OCCC(C)(C)NC(=O)O)CCCCC. The number of allylic oxidation sites excluding steroid dienone is 1. The van der Waals surface area contributed by atoms with Crippen LogP contribution >= 0.6 is 0 Å². The maximum Gasteiger partial charge on any atom is 0.405 e. The van der Waals surface area contributed by atoms with E-state index in [0.29, 0.717) is 31.9 Å². The third kappa shape index (κ3) is 18.1. The summed E-state index contributed by atoms with van der Waals surface area (Å²) in [5.74, 6) is 0.452. The molecule has 32 heavy (non-hydrogen) atoms. The average Bonchev–Trinajstić information content (AvgIpc) is 2.67. The molecule has 6 heteroatoms. The molecular formula is C26H50N2O4. The maximum absolute atomic E-state index is 12.3. The molecule has 0 radical (unpaired) electrons. The van der Waals surface area contributed by atoms with E-state index in [1.165, 1.54) is 51.4 Å². The van der Waals surface area contributed by atoms with E-state index in [1.807, 2.05) is 27.7 Å². The first-order valence-electron chi connectivity index (χ1n) is 12.6. The van der Waals surface area contributed by atoms with Crippen molar-refractivity contribution in [1.82, 2.24) is 10.6 Å². The molecule has 0 aliphatic carbocycles. The molecule has 3 N–H and O–H groups in total. The van der Waals surface area contributed by atoms with Crippen molar-refractivity contribution in [2.45, 2.75) is 123 Å². The molecule has 0 aliphatic heterocycles. The predicted molar refractivity (Wildman–Crippen MR) is 133 cm³/mol. The van der Waals surface area contributed by atoms with Gasteiger partial charge >= 0.3 is 6.09 Å². The van der Waals surface area contributed by atoms with E-state index in [2.05, 4.69) is 30.6 Å². The monoisotopic (exact) mass is 454 g/mol. The van der Waals surface area contributed by atoms with Gasteiger partial charge in [-0.25, -0.2) is 4.79 Å². The molecule has 1 atom stereocenters. The number of amides is 2. The highest BCUT2D eigenvalue weighted by Gasteiger charge is 2.23. The standard InChI is InChI=1S/C26H50N2O4/c1-7-9-11-13-15-22(14-12-10-8-2)16-17-23(29)27-20-18-26(5,6)32-21-19-25(3,4)28-24(30)31/h16-17,22,28H,7-15,18-21H2,1-6H3,(H,27,29)(H,30,31)/b17-16+. The highest BCUT2D eigenvalue weighted by molar-refractivity contribution is 5.87. The summed E-state index contributed by atoms with van der Waals surface area (Å²) in [6, 6.07) is 0. The van der Waals surface area contributed by atoms with E-state index in [9.17, 15) is 9.59 Å². The molecule has 0 aliphatic rings. The van der Waals surface area contributed by atoms with Gasteiger partial charge in [0.1, 0.15) is 0 Å². The Bertz CT molecular complexity index is 544. The van der Waals surface area contributed by atoms with Crippen LogP contribution in [0.25, 0.3) is 0 Å². The lowest BCUT2D eigenvalue weighted by atomic mass is 9.94. The molecule has 0 fully saturated rings. The molecule has 188 valence electrons. The average molecular weight is 455 g/mol. The second-order valence-electron chi connectivity index (χ2n) is 10.2. The van der Waals surface area contributed by atoms with Crippen molar-refractivity contribution in [2.75, 3.05) is 13.2 Å². The Kier molecular flexibility index (Phi) is 16.2. The first kappa shape index (κ1) is 30.4. The molecule has 1 unspecified atom stereocenters. The molecular weight excluding hydrogens is 404 g/mol. The van der Waals surface area contributed by atoms with E-state index in [-0.39, 0.29) is 5.91 Å². The van der Waals surface area contributed by atoms with Crippen LogP contribution in [0.2, 0.25) is 0 Å². The minimum Gasteiger partial charge on any atom is -0.465 e. The van der Waals surface area contributed by atoms with Crippen LogP contribution in [0.4, 0.5) is 4.79 Å². The molecule has 0 saturated carbocycles. The summed E-state index contributed by atoms with van der Waals surface area (Å²) in [7, 11) is 0. The van der Waals surface area contributed by atoms with E-state index in [1.54, 1.807) is 6.08 Å². The van der Waals surface area contributed by atoms with E-state index < -0.39 is 17.2 Å². The number of carbonyl (C=O) groups excluding carboxylic acids is 1. The van der Waals surface area contributed by atoms with Gasteiger partial charge in [0, 0.05) is 18.7 Å². The van der Waals surface area contributed by atoms with E-state index >= 15 is 0 Å². The van der Waals surface area contributed by atoms with Gasteiger partial charge in [-0.05, 0) is 65.4 Å². The Balaban J connectivity index is 4.34. The summed E-state index contributed by atoms with van der Waals surface area (Å²) >= 11 is 0. The fourth-order valence-electron chi connectivity index (χ4n) is 3.60. The summed E-state index contributed by atoms with van der Waals surface area (Å²) < 4.78 is 5.94. The zero-order valence-corrected chi connectivity index (χ0v) is 21.6. The van der Waals surface area contributed by atoms with E-state index in [0.717, 1.165) is 6.42 Å². The highest BCUT2D eigenvalue weighted by atomic mass is 16.5. The van der Waals surface area contributed by atoms with Crippen molar-refractivity contribution in [2.24, 2.45) is 5.92 Å². The third-order valence-corrected chi connectivity index (χ3v) is 5.82. The van der Waals surface area contributed by atoms with Crippen molar-refractivity contribution in [3.8, 4) is 0 Å². The number of carbonyl (C=O) groups is 2. The molecule has 0 aromatic rings. The van der Waals surface area contributed by atoms with Gasteiger partial charge in [-0.3, -0.25) is 4.79 Å². The summed E-state index contributed by atoms with van der Waals surface area (Å²) in [5, 5.41) is 14.3. The summed E-state index contributed by atoms with van der Waals surface area (Å²) in [4.78, 5) is 23.1. The van der Waals surface area contributed by atoms with Gasteiger partial charge in [-0.2, -0.15) is 0 Å². The maximum atomic E-state index is 12.3. The smallest absolute Gasteiger partial charge is 0.405 e. The molecule has 0 aromatic heterocycles. The van der Waals surface area contributed by atoms with Crippen LogP contribution < -0.4 is 10.6 Å². The molecule has 0 aromatic carbocycles. The zero-order valence-electron chi connectivity index (χ0n) is 21.6. The second-order valence-corrected chi connectivity index (χ2v) is 10.2. The van der Waals surface area contributed by atoms with Crippen molar-refractivity contribution < 1.29 is 19.4 Å². The first-order valence-corrected chi connectivity index (χ1v) is 12.6. The van der Waals surface area contributed by atoms with Crippen molar-refractivity contribution in [3.63, 3.8) is 0 Å². The number of nitrogens with one attached hydrogen (secondary N) is 2. The fourth-order valence-corrected chi connectivity index (χ4v) is 3.60. The first-order chi connectivity index (χ1) is 15.0. The second kappa shape index (κ2) is 17.0. The van der Waals surface area contributed by atoms with Crippen LogP contribution in [0.3, 0.4) is 0 Å². The molecule has 0 saturated heterocycles. The Morgan fingerprint density at radius 1 is 0.938 bits per heavy atom. The molecule has 0 bridgehead atoms. The van der Waals surface area contributed by atoms with Crippen LogP contribution in [0, 0.1) is 5.92 Å². The topological polar surface area (TPSA) is 87.7 Å². The van der Waals surface area contributed by atoms with Crippen LogP contribution in [0.15, 0.2) is 12.2 Å². The zero-order chi connectivity index (χ0) is 24.5. The minimum absolute atomic E-state index is 0.0401. The lowest BCUT2D eigenvalue weighted by molar-refractivity contribution is -0.116. The van der Waals surface area contributed by atoms with Crippen LogP contribution in [-0.4, -0.2) is 41.4 Å². The lowest BCUT2D eigenvalue weighted by Gasteiger charge is -2.29. The summed E-state index contributed by atoms with van der Waals surface area (Å²) in [6.07, 6.45) is 15.1. The molecule has 2 amide bonds. The quantitative estimate of drug-likeness (QED) is 0.155. The van der Waals surface area contributed by atoms with Gasteiger partial charge in [0.05, 0.1) is 5.60 Å². The van der Waals surface area contributed by atoms with Crippen LogP contribution in [0.1, 0.15) is 112 Å². The van der Waals surface area contributed by atoms with Crippen molar-refractivity contribution >= 4 is 12.0 Å². The largest absolute Gasteiger partial charge is 0.465 e. The number of ether oxygens (including phenoxy) is 1. The number of rotatable bonds is 19. The van der Waals surface area contributed by atoms with Gasteiger partial charge in [0.25, 0.3) is 0 Å². The van der Waals surface area contributed by atoms with Gasteiger partial charge in [0.15, 0.2) is 0 Å². The van der Waals surface area contributed by atoms with Gasteiger partial charge in [-0.1, -0.05) is 64.9 Å². The Labute approximate surface area is 197 Å². The molecule has 0 heterocycles. The summed E-state index contributed by atoms with van der Waals surface area (Å²) in [5.41, 5.74) is -0.927. The number of carboxylic acid groups (broad SMARTS) is 1. The Morgan fingerprint density at radius 3 is 2.12 bits per heavy atom. The third-order valence-electron chi connectivity index (χ3n) is 5.82. The number of unbranched alkanes of at least 4 members (excludes halogenated alkanes) is 5. The highest BCUT2D eigenvalue weighted by Crippen LogP contribution is 2.20. The number of hydrogen-bond donors (Lipinski definition) is 3. The van der Waals surface area contributed by atoms with E-state index in [4.69, 9.17) is 9.84 Å². The number of hydrogen-bond acceptors (Lipinski definition) is 3. The molecule has 6 nitrogen and oxygen atoms in total. The minimum atomic E-state index is -1.03. The van der Waals surface area contributed by atoms with Gasteiger partial charge < -0.3 is 20.5 Å². The normalized spacial score (nSPS) is 13.3. The molecule has 0 rings (SSSR count).